The Morgan fingerprint density at radius 1 is 1.21 bits per heavy atom. The number of hydrogen-bond acceptors (Lipinski definition) is 6. The van der Waals surface area contributed by atoms with Gasteiger partial charge in [0.05, 0.1) is 11.7 Å². The predicted molar refractivity (Wildman–Crippen MR) is 92.4 cm³/mol. The average Bonchev–Trinajstić information content (AvgIpc) is 3.01. The smallest absolute Gasteiger partial charge is 0.206 e. The van der Waals surface area contributed by atoms with Crippen molar-refractivity contribution in [1.29, 1.82) is 0 Å². The van der Waals surface area contributed by atoms with Gasteiger partial charge in [-0.2, -0.15) is 0 Å². The molecule has 4 nitrogen and oxygen atoms in total. The molecule has 0 amide bonds. The van der Waals surface area contributed by atoms with Crippen molar-refractivity contribution in [1.82, 2.24) is 10.2 Å². The van der Waals surface area contributed by atoms with Crippen LogP contribution in [0.5, 0.6) is 0 Å². The van der Waals surface area contributed by atoms with Crippen LogP contribution in [0.4, 0.5) is 13.9 Å². The zero-order chi connectivity index (χ0) is 16.9. The van der Waals surface area contributed by atoms with E-state index in [0.29, 0.717) is 10.4 Å². The van der Waals surface area contributed by atoms with Crippen molar-refractivity contribution in [3.63, 3.8) is 0 Å². The maximum atomic E-state index is 13.6. The number of aliphatic hydroxyl groups excluding tert-OH is 1. The van der Waals surface area contributed by atoms with Crippen molar-refractivity contribution in [3.05, 3.63) is 35.4 Å². The van der Waals surface area contributed by atoms with E-state index in [2.05, 4.69) is 15.5 Å². The maximum absolute atomic E-state index is 13.6. The fourth-order valence-corrected chi connectivity index (χ4v) is 4.61. The molecule has 0 aliphatic heterocycles. The molecular weight excluding hydrogens is 352 g/mol. The Labute approximate surface area is 147 Å². The molecule has 1 atom stereocenters. The average molecular weight is 371 g/mol. The van der Waals surface area contributed by atoms with Crippen LogP contribution in [0.3, 0.4) is 0 Å². The Balaban J connectivity index is 1.55. The van der Waals surface area contributed by atoms with Crippen molar-refractivity contribution in [2.45, 2.75) is 48.6 Å². The molecule has 1 unspecified atom stereocenters. The van der Waals surface area contributed by atoms with E-state index in [1.165, 1.54) is 48.4 Å². The van der Waals surface area contributed by atoms with Crippen molar-refractivity contribution in [2.75, 3.05) is 11.1 Å². The van der Waals surface area contributed by atoms with Gasteiger partial charge in [-0.25, -0.2) is 8.78 Å². The highest BCUT2D eigenvalue weighted by molar-refractivity contribution is 8.01. The van der Waals surface area contributed by atoms with Gasteiger partial charge in [-0.15, -0.1) is 10.2 Å². The third kappa shape index (κ3) is 4.43. The molecule has 130 valence electrons. The minimum atomic E-state index is -1.23. The summed E-state index contributed by atoms with van der Waals surface area (Å²) in [5.74, 6) is -1.35. The normalized spacial score (nSPS) is 17.0. The van der Waals surface area contributed by atoms with Gasteiger partial charge in [-0.1, -0.05) is 48.4 Å². The molecule has 0 bridgehead atoms. The molecule has 3 rings (SSSR count). The zero-order valence-electron chi connectivity index (χ0n) is 13.0. The summed E-state index contributed by atoms with van der Waals surface area (Å²) < 4.78 is 28.0. The molecule has 2 N–H and O–H groups in total. The highest BCUT2D eigenvalue weighted by Crippen LogP contribution is 2.32. The van der Waals surface area contributed by atoms with E-state index in [1.807, 2.05) is 0 Å². The molecule has 1 saturated carbocycles. The van der Waals surface area contributed by atoms with E-state index in [0.717, 1.165) is 30.1 Å². The first-order valence-electron chi connectivity index (χ1n) is 7.98. The molecule has 0 saturated heterocycles. The van der Waals surface area contributed by atoms with Crippen LogP contribution in [0.15, 0.2) is 22.5 Å². The van der Waals surface area contributed by atoms with Gasteiger partial charge in [0.15, 0.2) is 4.34 Å². The quantitative estimate of drug-likeness (QED) is 0.738. The van der Waals surface area contributed by atoms with Crippen LogP contribution in [0.1, 0.15) is 43.8 Å². The lowest BCUT2D eigenvalue weighted by atomic mass is 9.96. The number of anilines is 1. The SMILES string of the molecule is OC(CSc1nnc(NC2CCCCC2)s1)c1c(F)cccc1F. The Bertz CT molecular complexity index is 657. The van der Waals surface area contributed by atoms with Crippen LogP contribution in [-0.4, -0.2) is 27.1 Å². The summed E-state index contributed by atoms with van der Waals surface area (Å²) in [6.07, 6.45) is 4.83. The van der Waals surface area contributed by atoms with Crippen LogP contribution >= 0.6 is 23.1 Å². The molecule has 8 heteroatoms. The topological polar surface area (TPSA) is 58.0 Å². The summed E-state index contributed by atoms with van der Waals surface area (Å²) in [5, 5.41) is 22.4. The lowest BCUT2D eigenvalue weighted by Gasteiger charge is -2.21. The van der Waals surface area contributed by atoms with Gasteiger partial charge in [0, 0.05) is 11.8 Å². The largest absolute Gasteiger partial charge is 0.387 e. The van der Waals surface area contributed by atoms with E-state index in [-0.39, 0.29) is 11.3 Å². The molecule has 2 aromatic rings. The van der Waals surface area contributed by atoms with Crippen LogP contribution in [0, 0.1) is 11.6 Å². The molecule has 1 aromatic carbocycles. The minimum Gasteiger partial charge on any atom is -0.387 e. The number of aliphatic hydroxyl groups is 1. The third-order valence-electron chi connectivity index (χ3n) is 4.04. The number of halogens is 2. The van der Waals surface area contributed by atoms with Gasteiger partial charge < -0.3 is 10.4 Å². The minimum absolute atomic E-state index is 0.121. The molecule has 1 heterocycles. The van der Waals surface area contributed by atoms with E-state index in [4.69, 9.17) is 0 Å². The van der Waals surface area contributed by atoms with Gasteiger partial charge in [-0.05, 0) is 25.0 Å². The summed E-state index contributed by atoms with van der Waals surface area (Å²) in [4.78, 5) is 0. The number of benzene rings is 1. The fourth-order valence-electron chi connectivity index (χ4n) is 2.81. The lowest BCUT2D eigenvalue weighted by Crippen LogP contribution is -2.21. The van der Waals surface area contributed by atoms with Crippen molar-refractivity contribution >= 4 is 28.2 Å². The van der Waals surface area contributed by atoms with Gasteiger partial charge in [-0.3, -0.25) is 0 Å². The third-order valence-corrected chi connectivity index (χ3v) is 6.10. The number of rotatable bonds is 6. The van der Waals surface area contributed by atoms with Crippen molar-refractivity contribution < 1.29 is 13.9 Å². The molecule has 1 aliphatic rings. The molecule has 24 heavy (non-hydrogen) atoms. The number of nitrogens with one attached hydrogen (secondary N) is 1. The number of aromatic nitrogens is 2. The van der Waals surface area contributed by atoms with Gasteiger partial charge in [0.25, 0.3) is 0 Å². The number of nitrogens with zero attached hydrogens (tertiary/aromatic N) is 2. The second-order valence-corrected chi connectivity index (χ2v) is 8.06. The van der Waals surface area contributed by atoms with Gasteiger partial charge in [0.1, 0.15) is 11.6 Å². The summed E-state index contributed by atoms with van der Waals surface area (Å²) in [6, 6.07) is 4.01. The first kappa shape index (κ1) is 17.6. The Kier molecular flexibility index (Phi) is 6.02. The van der Waals surface area contributed by atoms with Crippen LogP contribution in [0.25, 0.3) is 0 Å². The summed E-state index contributed by atoms with van der Waals surface area (Å²) in [5.41, 5.74) is -0.296. The van der Waals surface area contributed by atoms with Crippen LogP contribution in [-0.2, 0) is 0 Å². The second-order valence-electron chi connectivity index (χ2n) is 5.81. The molecule has 0 spiro atoms. The monoisotopic (exact) mass is 371 g/mol. The standard InChI is InChI=1S/C16H19F2N3OS2/c17-11-7-4-8-12(18)14(11)13(22)9-23-16-21-20-15(24-16)19-10-5-2-1-3-6-10/h4,7-8,10,13,22H,1-3,5-6,9H2,(H,19,20). The first-order valence-corrected chi connectivity index (χ1v) is 9.78. The van der Waals surface area contributed by atoms with Crippen molar-refractivity contribution in [2.24, 2.45) is 0 Å². The molecule has 1 aliphatic carbocycles. The molecule has 1 fully saturated rings. The van der Waals surface area contributed by atoms with Gasteiger partial charge >= 0.3 is 0 Å². The highest BCUT2D eigenvalue weighted by Gasteiger charge is 2.19. The summed E-state index contributed by atoms with van der Waals surface area (Å²) in [7, 11) is 0. The van der Waals surface area contributed by atoms with E-state index < -0.39 is 17.7 Å². The second kappa shape index (κ2) is 8.22. The van der Waals surface area contributed by atoms with E-state index >= 15 is 0 Å². The van der Waals surface area contributed by atoms with Crippen molar-refractivity contribution in [3.8, 4) is 0 Å². The summed E-state index contributed by atoms with van der Waals surface area (Å²) in [6.45, 7) is 0. The van der Waals surface area contributed by atoms with E-state index in [9.17, 15) is 13.9 Å². The molecule has 0 radical (unpaired) electrons. The number of thioether (sulfide) groups is 1. The van der Waals surface area contributed by atoms with E-state index in [1.54, 1.807) is 0 Å². The molecule has 1 aromatic heterocycles. The fraction of sp³-hybridized carbons (Fsp3) is 0.500. The Morgan fingerprint density at radius 3 is 2.62 bits per heavy atom. The van der Waals surface area contributed by atoms with Crippen LogP contribution in [0.2, 0.25) is 0 Å². The number of hydrogen-bond donors (Lipinski definition) is 2. The van der Waals surface area contributed by atoms with Crippen LogP contribution < -0.4 is 5.32 Å². The van der Waals surface area contributed by atoms with Gasteiger partial charge in [0.2, 0.25) is 5.13 Å². The maximum Gasteiger partial charge on any atom is 0.206 e. The Hall–Kier alpha value is -1.25. The highest BCUT2D eigenvalue weighted by atomic mass is 32.2. The molecular formula is C16H19F2N3OS2. The zero-order valence-corrected chi connectivity index (χ0v) is 14.7. The summed E-state index contributed by atoms with van der Waals surface area (Å²) >= 11 is 2.65. The lowest BCUT2D eigenvalue weighted by molar-refractivity contribution is 0.193. The first-order chi connectivity index (χ1) is 11.6. The predicted octanol–water partition coefficient (Wildman–Crippen LogP) is 4.39. The Morgan fingerprint density at radius 2 is 1.92 bits per heavy atom.